The molecule has 1 unspecified atom stereocenters. The molecule has 8 heteroatoms. The molecule has 1 aromatic heterocycles. The molecule has 2 heterocycles. The molecule has 156 valence electrons. The van der Waals surface area contributed by atoms with Gasteiger partial charge in [0.15, 0.2) is 5.69 Å². The number of amides is 1. The molecule has 1 amide bonds. The number of methoxy groups -OCH3 is 1. The molecule has 1 atom stereocenters. The smallest absolute Gasteiger partial charge is 0.273 e. The number of nitrogens with zero attached hydrogens (tertiary/aromatic N) is 4. The largest absolute Gasteiger partial charge is 0.496 e. The fourth-order valence-corrected chi connectivity index (χ4v) is 3.48. The molecule has 0 saturated carbocycles. The number of carbonyl (C=O) groups excluding carboxylic acids is 1. The van der Waals surface area contributed by atoms with E-state index < -0.39 is 0 Å². The summed E-state index contributed by atoms with van der Waals surface area (Å²) < 4.78 is 7.19. The standard InChI is InChI=1S/C21H29N5O3/c1-29-20-10-3-2-7-17(20)8-4-12-25-13-5-9-18(15-25)26-16-19(23-24-26)21(28)22-11-6-14-27/h2-4,7-8,10,16,18,27H,5-6,9,11-15H2,1H3,(H,22,28)/b8-4+. The summed E-state index contributed by atoms with van der Waals surface area (Å²) in [6.45, 7) is 3.23. The van der Waals surface area contributed by atoms with Gasteiger partial charge in [0.05, 0.1) is 19.3 Å². The first kappa shape index (κ1) is 21.0. The number of nitrogens with one attached hydrogen (secondary N) is 1. The first-order chi connectivity index (χ1) is 14.2. The predicted octanol–water partition coefficient (Wildman–Crippen LogP) is 1.75. The molecule has 1 saturated heterocycles. The number of piperidine rings is 1. The topological polar surface area (TPSA) is 92.5 Å². The van der Waals surface area contributed by atoms with Gasteiger partial charge in [0, 0.05) is 31.8 Å². The van der Waals surface area contributed by atoms with E-state index in [2.05, 4.69) is 32.7 Å². The second kappa shape index (κ2) is 10.7. The van der Waals surface area contributed by atoms with E-state index >= 15 is 0 Å². The summed E-state index contributed by atoms with van der Waals surface area (Å²) in [4.78, 5) is 14.4. The maximum Gasteiger partial charge on any atom is 0.273 e. The lowest BCUT2D eigenvalue weighted by atomic mass is 10.1. The fraction of sp³-hybridized carbons (Fsp3) is 0.476. The van der Waals surface area contributed by atoms with Crippen molar-refractivity contribution >= 4 is 12.0 Å². The third-order valence-corrected chi connectivity index (χ3v) is 5.02. The van der Waals surface area contributed by atoms with Crippen LogP contribution in [0.15, 0.2) is 36.5 Å². The second-order valence-electron chi connectivity index (χ2n) is 7.12. The van der Waals surface area contributed by atoms with Gasteiger partial charge in [-0.2, -0.15) is 0 Å². The van der Waals surface area contributed by atoms with Crippen LogP contribution in [-0.4, -0.2) is 70.8 Å². The third kappa shape index (κ3) is 5.88. The zero-order chi connectivity index (χ0) is 20.5. The third-order valence-electron chi connectivity index (χ3n) is 5.02. The van der Waals surface area contributed by atoms with Crippen LogP contribution in [0.5, 0.6) is 5.75 Å². The predicted molar refractivity (Wildman–Crippen MR) is 111 cm³/mol. The van der Waals surface area contributed by atoms with E-state index in [0.29, 0.717) is 18.7 Å². The molecule has 0 aliphatic carbocycles. The van der Waals surface area contributed by atoms with E-state index in [1.54, 1.807) is 18.0 Å². The van der Waals surface area contributed by atoms with E-state index in [1.807, 2.05) is 24.3 Å². The number of ether oxygens (including phenoxy) is 1. The zero-order valence-electron chi connectivity index (χ0n) is 16.8. The number of para-hydroxylation sites is 1. The Hall–Kier alpha value is -2.71. The number of hydrogen-bond acceptors (Lipinski definition) is 6. The van der Waals surface area contributed by atoms with Gasteiger partial charge in [-0.15, -0.1) is 5.10 Å². The van der Waals surface area contributed by atoms with Gasteiger partial charge in [0.1, 0.15) is 5.75 Å². The number of aliphatic hydroxyl groups is 1. The Morgan fingerprint density at radius 1 is 1.41 bits per heavy atom. The number of aromatic nitrogens is 3. The molecule has 3 rings (SSSR count). The SMILES string of the molecule is COc1ccccc1/C=C/CN1CCCC(n2cc(C(=O)NCCCO)nn2)C1. The quantitative estimate of drug-likeness (QED) is 0.624. The Kier molecular flexibility index (Phi) is 7.77. The summed E-state index contributed by atoms with van der Waals surface area (Å²) in [5, 5.41) is 19.7. The average molecular weight is 399 g/mol. The molecule has 0 spiro atoms. The van der Waals surface area contributed by atoms with E-state index in [0.717, 1.165) is 43.8 Å². The van der Waals surface area contributed by atoms with Crippen LogP contribution in [0.25, 0.3) is 6.08 Å². The van der Waals surface area contributed by atoms with Crippen LogP contribution in [0.1, 0.15) is 41.4 Å². The van der Waals surface area contributed by atoms with Crippen LogP contribution >= 0.6 is 0 Å². The van der Waals surface area contributed by atoms with Gasteiger partial charge in [-0.3, -0.25) is 9.69 Å². The van der Waals surface area contributed by atoms with Crippen molar-refractivity contribution in [3.63, 3.8) is 0 Å². The van der Waals surface area contributed by atoms with E-state index in [9.17, 15) is 4.79 Å². The van der Waals surface area contributed by atoms with E-state index in [-0.39, 0.29) is 18.6 Å². The summed E-state index contributed by atoms with van der Waals surface area (Å²) in [6, 6.07) is 8.16. The highest BCUT2D eigenvalue weighted by Gasteiger charge is 2.22. The minimum atomic E-state index is -0.253. The number of carbonyl (C=O) groups is 1. The molecular weight excluding hydrogens is 370 g/mol. The molecule has 1 aliphatic rings. The van der Waals surface area contributed by atoms with Crippen molar-refractivity contribution in [3.05, 3.63) is 47.8 Å². The Morgan fingerprint density at radius 2 is 2.28 bits per heavy atom. The van der Waals surface area contributed by atoms with Crippen LogP contribution in [0, 0.1) is 0 Å². The Labute approximate surface area is 171 Å². The molecule has 29 heavy (non-hydrogen) atoms. The summed E-state index contributed by atoms with van der Waals surface area (Å²) >= 11 is 0. The lowest BCUT2D eigenvalue weighted by Gasteiger charge is -2.31. The highest BCUT2D eigenvalue weighted by Crippen LogP contribution is 2.22. The van der Waals surface area contributed by atoms with Gasteiger partial charge >= 0.3 is 0 Å². The molecule has 1 aliphatic heterocycles. The van der Waals surface area contributed by atoms with E-state index in [4.69, 9.17) is 9.84 Å². The van der Waals surface area contributed by atoms with Gasteiger partial charge in [-0.1, -0.05) is 35.6 Å². The first-order valence-corrected chi connectivity index (χ1v) is 10.0. The lowest BCUT2D eigenvalue weighted by molar-refractivity contribution is 0.0946. The summed E-state index contributed by atoms with van der Waals surface area (Å²) in [7, 11) is 1.68. The molecule has 2 aromatic rings. The summed E-state index contributed by atoms with van der Waals surface area (Å²) in [6.07, 6.45) is 8.58. The molecule has 8 nitrogen and oxygen atoms in total. The van der Waals surface area contributed by atoms with Crippen molar-refractivity contribution in [1.29, 1.82) is 0 Å². The fourth-order valence-electron chi connectivity index (χ4n) is 3.48. The highest BCUT2D eigenvalue weighted by molar-refractivity contribution is 5.91. The van der Waals surface area contributed by atoms with Crippen LogP contribution in [0.2, 0.25) is 0 Å². The zero-order valence-corrected chi connectivity index (χ0v) is 16.8. The number of rotatable bonds is 9. The van der Waals surface area contributed by atoms with Gasteiger partial charge in [0.2, 0.25) is 0 Å². The average Bonchev–Trinajstić information content (AvgIpc) is 3.25. The van der Waals surface area contributed by atoms with Crippen LogP contribution in [0.4, 0.5) is 0 Å². The van der Waals surface area contributed by atoms with Crippen molar-refractivity contribution in [2.24, 2.45) is 0 Å². The minimum Gasteiger partial charge on any atom is -0.496 e. The van der Waals surface area contributed by atoms with Crippen LogP contribution in [0.3, 0.4) is 0 Å². The van der Waals surface area contributed by atoms with Crippen LogP contribution in [-0.2, 0) is 0 Å². The van der Waals surface area contributed by atoms with Crippen molar-refractivity contribution < 1.29 is 14.6 Å². The maximum atomic E-state index is 12.1. The Morgan fingerprint density at radius 3 is 3.10 bits per heavy atom. The molecule has 1 fully saturated rings. The Bertz CT molecular complexity index is 820. The molecule has 0 bridgehead atoms. The minimum absolute atomic E-state index is 0.0520. The van der Waals surface area contributed by atoms with E-state index in [1.165, 1.54) is 0 Å². The lowest BCUT2D eigenvalue weighted by Crippen LogP contribution is -2.36. The molecule has 1 aromatic carbocycles. The molecule has 0 radical (unpaired) electrons. The van der Waals surface area contributed by atoms with Crippen molar-refractivity contribution in [1.82, 2.24) is 25.2 Å². The van der Waals surface area contributed by atoms with Gasteiger partial charge in [-0.25, -0.2) is 4.68 Å². The molecular formula is C21H29N5O3. The number of likely N-dealkylation sites (tertiary alicyclic amines) is 1. The van der Waals surface area contributed by atoms with Gasteiger partial charge in [0.25, 0.3) is 5.91 Å². The summed E-state index contributed by atoms with van der Waals surface area (Å²) in [5.41, 5.74) is 1.38. The monoisotopic (exact) mass is 399 g/mol. The maximum absolute atomic E-state index is 12.1. The second-order valence-corrected chi connectivity index (χ2v) is 7.12. The Balaban J connectivity index is 1.54. The summed E-state index contributed by atoms with van der Waals surface area (Å²) in [5.74, 6) is 0.616. The normalized spacial score (nSPS) is 17.5. The van der Waals surface area contributed by atoms with Crippen molar-refractivity contribution in [2.75, 3.05) is 39.9 Å². The number of benzene rings is 1. The van der Waals surface area contributed by atoms with Crippen molar-refractivity contribution in [2.45, 2.75) is 25.3 Å². The highest BCUT2D eigenvalue weighted by atomic mass is 16.5. The number of hydrogen-bond donors (Lipinski definition) is 2. The van der Waals surface area contributed by atoms with Crippen molar-refractivity contribution in [3.8, 4) is 5.75 Å². The van der Waals surface area contributed by atoms with Crippen LogP contribution < -0.4 is 10.1 Å². The first-order valence-electron chi connectivity index (χ1n) is 10.0. The molecule has 2 N–H and O–H groups in total. The number of aliphatic hydroxyl groups excluding tert-OH is 1. The van der Waals surface area contributed by atoms with Gasteiger partial charge in [-0.05, 0) is 31.9 Å². The van der Waals surface area contributed by atoms with Gasteiger partial charge < -0.3 is 15.2 Å².